The fourth-order valence-electron chi connectivity index (χ4n) is 1.69. The van der Waals surface area contributed by atoms with Crippen molar-refractivity contribution in [2.75, 3.05) is 5.73 Å². The van der Waals surface area contributed by atoms with Crippen molar-refractivity contribution in [3.8, 4) is 11.3 Å². The average Bonchev–Trinajstić information content (AvgIpc) is 2.26. The van der Waals surface area contributed by atoms with Gasteiger partial charge in [-0.25, -0.2) is 0 Å². The number of hydrogen-bond donors (Lipinski definition) is 1. The molecule has 0 atom stereocenters. The van der Waals surface area contributed by atoms with Crippen LogP contribution in [0.25, 0.3) is 11.3 Å². The van der Waals surface area contributed by atoms with Gasteiger partial charge in [0.05, 0.1) is 5.69 Å². The second kappa shape index (κ2) is 3.93. The van der Waals surface area contributed by atoms with Crippen LogP contribution in [0.1, 0.15) is 16.7 Å². The number of hydrogen-bond acceptors (Lipinski definition) is 3. The van der Waals surface area contributed by atoms with Crippen molar-refractivity contribution < 1.29 is 0 Å². The third-order valence-electron chi connectivity index (χ3n) is 2.85. The van der Waals surface area contributed by atoms with Gasteiger partial charge in [0, 0.05) is 5.56 Å². The topological polar surface area (TPSA) is 51.8 Å². The maximum absolute atomic E-state index is 5.72. The second-order valence-corrected chi connectivity index (χ2v) is 4.05. The zero-order valence-electron chi connectivity index (χ0n) is 9.78. The second-order valence-electron chi connectivity index (χ2n) is 4.05. The third kappa shape index (κ3) is 1.76. The van der Waals surface area contributed by atoms with Crippen LogP contribution in [0.5, 0.6) is 0 Å². The fourth-order valence-corrected chi connectivity index (χ4v) is 1.69. The van der Waals surface area contributed by atoms with Crippen molar-refractivity contribution in [1.82, 2.24) is 10.2 Å². The highest BCUT2D eigenvalue weighted by molar-refractivity contribution is 5.66. The molecule has 0 aliphatic rings. The first-order valence-electron chi connectivity index (χ1n) is 5.26. The van der Waals surface area contributed by atoms with Gasteiger partial charge in [-0.15, -0.1) is 10.2 Å². The number of benzene rings is 1. The van der Waals surface area contributed by atoms with Crippen molar-refractivity contribution in [1.29, 1.82) is 0 Å². The van der Waals surface area contributed by atoms with Crippen LogP contribution < -0.4 is 5.73 Å². The van der Waals surface area contributed by atoms with Gasteiger partial charge in [0.15, 0.2) is 0 Å². The third-order valence-corrected chi connectivity index (χ3v) is 2.85. The lowest BCUT2D eigenvalue weighted by atomic mass is 10.0. The van der Waals surface area contributed by atoms with Gasteiger partial charge in [-0.05, 0) is 38.0 Å². The molecule has 0 radical (unpaired) electrons. The number of anilines is 1. The van der Waals surface area contributed by atoms with Gasteiger partial charge in [-0.1, -0.05) is 23.8 Å². The van der Waals surface area contributed by atoms with E-state index in [1.807, 2.05) is 26.0 Å². The van der Waals surface area contributed by atoms with E-state index in [-0.39, 0.29) is 0 Å². The molecule has 2 N–H and O–H groups in total. The highest BCUT2D eigenvalue weighted by Gasteiger charge is 2.09. The Morgan fingerprint density at radius 3 is 2.44 bits per heavy atom. The zero-order valence-corrected chi connectivity index (χ0v) is 9.78. The molecule has 0 amide bonds. The summed E-state index contributed by atoms with van der Waals surface area (Å²) in [4.78, 5) is 0. The Labute approximate surface area is 95.3 Å². The van der Waals surface area contributed by atoms with E-state index >= 15 is 0 Å². The molecule has 0 bridgehead atoms. The number of aryl methyl sites for hydroxylation is 1. The highest BCUT2D eigenvalue weighted by atomic mass is 15.1. The first-order valence-corrected chi connectivity index (χ1v) is 5.26. The minimum atomic E-state index is 0.508. The van der Waals surface area contributed by atoms with Crippen molar-refractivity contribution in [3.63, 3.8) is 0 Å². The van der Waals surface area contributed by atoms with E-state index in [2.05, 4.69) is 29.3 Å². The number of rotatable bonds is 1. The summed E-state index contributed by atoms with van der Waals surface area (Å²) in [7, 11) is 0. The van der Waals surface area contributed by atoms with Gasteiger partial charge in [0.25, 0.3) is 0 Å². The summed E-state index contributed by atoms with van der Waals surface area (Å²) in [6.07, 6.45) is 0. The van der Waals surface area contributed by atoms with E-state index in [0.29, 0.717) is 5.82 Å². The lowest BCUT2D eigenvalue weighted by molar-refractivity contribution is 1.01. The van der Waals surface area contributed by atoms with E-state index in [1.165, 1.54) is 5.56 Å². The number of nitrogens with zero attached hydrogens (tertiary/aromatic N) is 2. The molecule has 0 spiro atoms. The molecule has 0 unspecified atom stereocenters. The van der Waals surface area contributed by atoms with Gasteiger partial charge in [-0.2, -0.15) is 0 Å². The number of nitrogen functional groups attached to an aromatic ring is 1. The first-order chi connectivity index (χ1) is 7.59. The molecule has 2 aromatic rings. The largest absolute Gasteiger partial charge is 0.382 e. The molecular weight excluding hydrogens is 198 g/mol. The number of aromatic nitrogens is 2. The molecule has 2 rings (SSSR count). The molecule has 3 heteroatoms. The minimum Gasteiger partial charge on any atom is -0.382 e. The van der Waals surface area contributed by atoms with Crippen LogP contribution in [0.2, 0.25) is 0 Å². The summed E-state index contributed by atoms with van der Waals surface area (Å²) in [6.45, 7) is 6.06. The summed E-state index contributed by atoms with van der Waals surface area (Å²) >= 11 is 0. The number of nitrogens with two attached hydrogens (primary N) is 1. The lowest BCUT2D eigenvalue weighted by Crippen LogP contribution is -2.02. The molecule has 82 valence electrons. The molecule has 16 heavy (non-hydrogen) atoms. The summed E-state index contributed by atoms with van der Waals surface area (Å²) in [6, 6.07) is 8.24. The van der Waals surface area contributed by atoms with Crippen LogP contribution >= 0.6 is 0 Å². The molecule has 0 saturated carbocycles. The van der Waals surface area contributed by atoms with Crippen molar-refractivity contribution in [3.05, 3.63) is 41.0 Å². The summed E-state index contributed by atoms with van der Waals surface area (Å²) in [5.74, 6) is 0.508. The summed E-state index contributed by atoms with van der Waals surface area (Å²) in [5.41, 5.74) is 11.0. The van der Waals surface area contributed by atoms with Gasteiger partial charge >= 0.3 is 0 Å². The normalized spacial score (nSPS) is 10.4. The molecule has 0 aliphatic carbocycles. The molecule has 1 aromatic carbocycles. The standard InChI is InChI=1S/C13H15N3/c1-8-5-4-6-11(7-8)12-9(2)10(3)13(14)16-15-12/h4-7H,1-3H3,(H2,14,16). The molecule has 3 nitrogen and oxygen atoms in total. The van der Waals surface area contributed by atoms with Gasteiger partial charge < -0.3 is 5.73 Å². The first kappa shape index (κ1) is 10.6. The van der Waals surface area contributed by atoms with Crippen LogP contribution in [-0.2, 0) is 0 Å². The Morgan fingerprint density at radius 1 is 1.00 bits per heavy atom. The van der Waals surface area contributed by atoms with Crippen LogP contribution in [0.4, 0.5) is 5.82 Å². The Kier molecular flexibility index (Phi) is 2.60. The zero-order chi connectivity index (χ0) is 11.7. The fraction of sp³-hybridized carbons (Fsp3) is 0.231. The van der Waals surface area contributed by atoms with E-state index in [9.17, 15) is 0 Å². The Bertz CT molecular complexity index is 533. The monoisotopic (exact) mass is 213 g/mol. The van der Waals surface area contributed by atoms with Crippen molar-refractivity contribution in [2.45, 2.75) is 20.8 Å². The molecule has 0 saturated heterocycles. The van der Waals surface area contributed by atoms with Crippen LogP contribution in [0.15, 0.2) is 24.3 Å². The van der Waals surface area contributed by atoms with Gasteiger partial charge in [0.1, 0.15) is 5.82 Å². The minimum absolute atomic E-state index is 0.508. The van der Waals surface area contributed by atoms with Crippen LogP contribution in [-0.4, -0.2) is 10.2 Å². The van der Waals surface area contributed by atoms with Crippen LogP contribution in [0.3, 0.4) is 0 Å². The van der Waals surface area contributed by atoms with E-state index in [0.717, 1.165) is 22.4 Å². The van der Waals surface area contributed by atoms with Crippen molar-refractivity contribution >= 4 is 5.82 Å². The Hall–Kier alpha value is -1.90. The van der Waals surface area contributed by atoms with Crippen molar-refractivity contribution in [2.24, 2.45) is 0 Å². The van der Waals surface area contributed by atoms with E-state index < -0.39 is 0 Å². The predicted octanol–water partition coefficient (Wildman–Crippen LogP) is 2.65. The highest BCUT2D eigenvalue weighted by Crippen LogP contribution is 2.25. The van der Waals surface area contributed by atoms with Gasteiger partial charge in [0.2, 0.25) is 0 Å². The quantitative estimate of drug-likeness (QED) is 0.792. The Morgan fingerprint density at radius 2 is 1.75 bits per heavy atom. The molecule has 1 heterocycles. The molecule has 1 aromatic heterocycles. The predicted molar refractivity (Wildman–Crippen MR) is 66.1 cm³/mol. The maximum atomic E-state index is 5.72. The molecule has 0 fully saturated rings. The average molecular weight is 213 g/mol. The lowest BCUT2D eigenvalue weighted by Gasteiger charge is -2.09. The SMILES string of the molecule is Cc1cccc(-c2nnc(N)c(C)c2C)c1. The molecular formula is C13H15N3. The van der Waals surface area contributed by atoms with E-state index in [1.54, 1.807) is 0 Å². The van der Waals surface area contributed by atoms with Crippen LogP contribution in [0, 0.1) is 20.8 Å². The Balaban J connectivity index is 2.61. The molecule has 0 aliphatic heterocycles. The maximum Gasteiger partial charge on any atom is 0.149 e. The van der Waals surface area contributed by atoms with Gasteiger partial charge in [-0.3, -0.25) is 0 Å². The summed E-state index contributed by atoms with van der Waals surface area (Å²) in [5, 5.41) is 8.15. The van der Waals surface area contributed by atoms with E-state index in [4.69, 9.17) is 5.73 Å². The smallest absolute Gasteiger partial charge is 0.149 e. The summed E-state index contributed by atoms with van der Waals surface area (Å²) < 4.78 is 0.